The summed E-state index contributed by atoms with van der Waals surface area (Å²) < 4.78 is 24.2. The van der Waals surface area contributed by atoms with E-state index in [-0.39, 0.29) is 17.3 Å². The monoisotopic (exact) mass is 624 g/mol. The van der Waals surface area contributed by atoms with Gasteiger partial charge in [0.1, 0.15) is 11.2 Å². The summed E-state index contributed by atoms with van der Waals surface area (Å²) in [6, 6.07) is 17.1. The maximum absolute atomic E-state index is 15.3. The molecule has 9 nitrogen and oxygen atoms in total. The van der Waals surface area contributed by atoms with Gasteiger partial charge in [-0.3, -0.25) is 14.6 Å². The van der Waals surface area contributed by atoms with Crippen LogP contribution in [-0.4, -0.2) is 57.9 Å². The van der Waals surface area contributed by atoms with Gasteiger partial charge >= 0.3 is 0 Å². The number of hydrogen-bond donors (Lipinski definition) is 1. The summed E-state index contributed by atoms with van der Waals surface area (Å²) >= 11 is 1.49. The van der Waals surface area contributed by atoms with Crippen LogP contribution in [0.1, 0.15) is 25.7 Å². The van der Waals surface area contributed by atoms with Crippen LogP contribution >= 0.6 is 11.3 Å². The molecule has 0 bridgehead atoms. The van der Waals surface area contributed by atoms with Gasteiger partial charge in [-0.1, -0.05) is 18.2 Å². The number of para-hydroxylation sites is 1. The summed E-state index contributed by atoms with van der Waals surface area (Å²) in [6.07, 6.45) is 8.97. The van der Waals surface area contributed by atoms with Gasteiger partial charge in [-0.2, -0.15) is 0 Å². The molecule has 1 saturated heterocycles. The number of likely N-dealkylation sites (tertiary alicyclic amines) is 1. The van der Waals surface area contributed by atoms with Crippen molar-refractivity contribution in [3.63, 3.8) is 0 Å². The van der Waals surface area contributed by atoms with Crippen LogP contribution in [0.4, 0.5) is 15.8 Å². The van der Waals surface area contributed by atoms with Crippen LogP contribution in [-0.2, 0) is 16.1 Å². The molecule has 5 aromatic rings. The lowest BCUT2D eigenvalue weighted by Gasteiger charge is -2.23. The number of ether oxygens (including phenoxy) is 1. The number of carbonyl (C=O) groups excluding carboxylic acids is 2. The Kier molecular flexibility index (Phi) is 7.80. The number of nitrogens with zero attached hydrogens (tertiary/aromatic N) is 5. The standard InChI is InChI=1S/C34H33FN6O3S/c1-39(24-7-3-2-4-8-24)33(43)34(12-13-34)32(42)38-23-9-10-28(25(35)19-23)44-29-11-14-36-26-20-30(45-31(26)29)27-21-41(22-37-27)18-17-40-15-5-6-16-40/h2-4,7-11,14,19-22H,5-6,12-13,15-18H2,1H3,(H,38,42). The lowest BCUT2D eigenvalue weighted by atomic mass is 10.0. The van der Waals surface area contributed by atoms with Crippen LogP contribution in [0.5, 0.6) is 11.5 Å². The number of fused-ring (bicyclic) bond motifs is 1. The molecule has 0 radical (unpaired) electrons. The van der Waals surface area contributed by atoms with Gasteiger partial charge in [-0.05, 0) is 69.1 Å². The summed E-state index contributed by atoms with van der Waals surface area (Å²) in [5, 5.41) is 2.74. The lowest BCUT2D eigenvalue weighted by Crippen LogP contribution is -2.41. The van der Waals surface area contributed by atoms with Crippen molar-refractivity contribution in [1.82, 2.24) is 19.4 Å². The number of halogens is 1. The third-order valence-corrected chi connectivity index (χ3v) is 9.75. The number of imidazole rings is 1. The van der Waals surface area contributed by atoms with Crippen LogP contribution in [0, 0.1) is 11.2 Å². The molecule has 45 heavy (non-hydrogen) atoms. The second kappa shape index (κ2) is 12.1. The highest BCUT2D eigenvalue weighted by atomic mass is 32.1. The number of aromatic nitrogens is 3. The molecule has 0 atom stereocenters. The molecule has 0 unspecified atom stereocenters. The minimum absolute atomic E-state index is 0.0164. The molecule has 3 aromatic heterocycles. The summed E-state index contributed by atoms with van der Waals surface area (Å²) in [5.41, 5.74) is 1.41. The zero-order chi connectivity index (χ0) is 31.0. The first-order valence-electron chi connectivity index (χ1n) is 15.1. The molecular formula is C34H33FN6O3S. The SMILES string of the molecule is CN(C(=O)C1(C(=O)Nc2ccc(Oc3ccnc4cc(-c5cn(CCN6CCCC6)cn5)sc34)c(F)c2)CC1)c1ccccc1. The van der Waals surface area contributed by atoms with Crippen LogP contribution in [0.2, 0.25) is 0 Å². The number of hydrogen-bond acceptors (Lipinski definition) is 7. The van der Waals surface area contributed by atoms with E-state index in [2.05, 4.69) is 24.8 Å². The molecule has 2 aromatic carbocycles. The molecule has 2 aliphatic rings. The van der Waals surface area contributed by atoms with Crippen LogP contribution in [0.3, 0.4) is 0 Å². The summed E-state index contributed by atoms with van der Waals surface area (Å²) in [4.78, 5) is 40.4. The van der Waals surface area contributed by atoms with Crippen LogP contribution < -0.4 is 15.0 Å². The molecule has 7 rings (SSSR count). The summed E-state index contributed by atoms with van der Waals surface area (Å²) in [7, 11) is 1.66. The molecule has 2 amide bonds. The van der Waals surface area contributed by atoms with E-state index in [1.807, 2.05) is 48.9 Å². The van der Waals surface area contributed by atoms with E-state index >= 15 is 4.39 Å². The fourth-order valence-electron chi connectivity index (χ4n) is 5.78. The minimum atomic E-state index is -1.15. The first-order chi connectivity index (χ1) is 21.9. The molecule has 0 spiro atoms. The molecule has 11 heteroatoms. The molecule has 1 aliphatic heterocycles. The van der Waals surface area contributed by atoms with Crippen molar-refractivity contribution in [3.8, 4) is 22.1 Å². The summed E-state index contributed by atoms with van der Waals surface area (Å²) in [6.45, 7) is 4.24. The van der Waals surface area contributed by atoms with E-state index in [4.69, 9.17) is 4.74 Å². The van der Waals surface area contributed by atoms with Crippen molar-refractivity contribution < 1.29 is 18.7 Å². The van der Waals surface area contributed by atoms with Crippen molar-refractivity contribution in [1.29, 1.82) is 0 Å². The van der Waals surface area contributed by atoms with Gasteiger partial charge in [-0.15, -0.1) is 11.3 Å². The third kappa shape index (κ3) is 5.93. The predicted molar refractivity (Wildman–Crippen MR) is 173 cm³/mol. The van der Waals surface area contributed by atoms with E-state index < -0.39 is 17.1 Å². The highest BCUT2D eigenvalue weighted by Crippen LogP contribution is 2.48. The van der Waals surface area contributed by atoms with Crippen LogP contribution in [0.15, 0.2) is 79.4 Å². The number of thiophene rings is 1. The van der Waals surface area contributed by atoms with Crippen molar-refractivity contribution in [2.75, 3.05) is 36.9 Å². The Morgan fingerprint density at radius 1 is 1.02 bits per heavy atom. The number of amides is 2. The van der Waals surface area contributed by atoms with Gasteiger partial charge in [0.15, 0.2) is 11.6 Å². The quantitative estimate of drug-likeness (QED) is 0.177. The zero-order valence-corrected chi connectivity index (χ0v) is 25.7. The lowest BCUT2D eigenvalue weighted by molar-refractivity contribution is -0.132. The van der Waals surface area contributed by atoms with Gasteiger partial charge in [0.25, 0.3) is 0 Å². The smallest absolute Gasteiger partial charge is 0.242 e. The Balaban J connectivity index is 1.03. The van der Waals surface area contributed by atoms with Crippen molar-refractivity contribution in [3.05, 3.63) is 85.2 Å². The van der Waals surface area contributed by atoms with E-state index in [1.54, 1.807) is 25.4 Å². The van der Waals surface area contributed by atoms with E-state index in [0.29, 0.717) is 24.3 Å². The Bertz CT molecular complexity index is 1860. The first-order valence-corrected chi connectivity index (χ1v) is 16.0. The number of anilines is 2. The second-order valence-corrected chi connectivity index (χ2v) is 12.7. The molecule has 2 fully saturated rings. The van der Waals surface area contributed by atoms with Crippen molar-refractivity contribution >= 4 is 44.7 Å². The van der Waals surface area contributed by atoms with Crippen LogP contribution in [0.25, 0.3) is 20.8 Å². The van der Waals surface area contributed by atoms with Crippen molar-refractivity contribution in [2.45, 2.75) is 32.2 Å². The largest absolute Gasteiger partial charge is 0.453 e. The van der Waals surface area contributed by atoms with Gasteiger partial charge in [0.05, 0.1) is 27.1 Å². The van der Waals surface area contributed by atoms with Gasteiger partial charge < -0.3 is 24.4 Å². The Hall–Kier alpha value is -4.61. The topological polar surface area (TPSA) is 92.6 Å². The Morgan fingerprint density at radius 3 is 2.58 bits per heavy atom. The molecule has 230 valence electrons. The van der Waals surface area contributed by atoms with Crippen molar-refractivity contribution in [2.24, 2.45) is 5.41 Å². The maximum Gasteiger partial charge on any atom is 0.242 e. The number of pyridine rings is 1. The molecule has 1 N–H and O–H groups in total. The highest BCUT2D eigenvalue weighted by molar-refractivity contribution is 7.22. The molecule has 1 saturated carbocycles. The minimum Gasteiger partial charge on any atom is -0.453 e. The summed E-state index contributed by atoms with van der Waals surface area (Å²) in [5.74, 6) is -0.861. The van der Waals surface area contributed by atoms with E-state index in [1.165, 1.54) is 54.3 Å². The number of nitrogens with one attached hydrogen (secondary N) is 1. The Morgan fingerprint density at radius 2 is 1.82 bits per heavy atom. The molecule has 4 heterocycles. The number of benzene rings is 2. The zero-order valence-electron chi connectivity index (χ0n) is 24.9. The van der Waals surface area contributed by atoms with E-state index in [0.717, 1.165) is 33.9 Å². The predicted octanol–water partition coefficient (Wildman–Crippen LogP) is 6.57. The second-order valence-electron chi connectivity index (χ2n) is 11.7. The van der Waals surface area contributed by atoms with Gasteiger partial charge in [0.2, 0.25) is 11.8 Å². The number of rotatable bonds is 10. The number of carbonyl (C=O) groups is 2. The normalized spacial score (nSPS) is 15.7. The highest BCUT2D eigenvalue weighted by Gasteiger charge is 2.57. The molecular weight excluding hydrogens is 591 g/mol. The molecule has 1 aliphatic carbocycles. The average Bonchev–Trinajstić information content (AvgIpc) is 3.39. The maximum atomic E-state index is 15.3. The first kappa shape index (κ1) is 29.1. The Labute approximate surface area is 264 Å². The van der Waals surface area contributed by atoms with Gasteiger partial charge in [-0.25, -0.2) is 9.37 Å². The average molecular weight is 625 g/mol. The van der Waals surface area contributed by atoms with Gasteiger partial charge in [0, 0.05) is 56.0 Å². The fourth-order valence-corrected chi connectivity index (χ4v) is 6.80. The third-order valence-electron chi connectivity index (χ3n) is 8.59. The fraction of sp³-hybridized carbons (Fsp3) is 0.294. The van der Waals surface area contributed by atoms with E-state index in [9.17, 15) is 9.59 Å².